The number of halogens is 3. The summed E-state index contributed by atoms with van der Waals surface area (Å²) in [4.78, 5) is 6.63. The summed E-state index contributed by atoms with van der Waals surface area (Å²) in [5.74, 6) is -0.577. The van der Waals surface area contributed by atoms with E-state index in [0.29, 0.717) is 37.2 Å². The third kappa shape index (κ3) is 3.67. The van der Waals surface area contributed by atoms with Crippen LogP contribution in [0.15, 0.2) is 4.99 Å². The molecule has 1 aliphatic heterocycles. The minimum Gasteiger partial charge on any atom is -0.370 e. The van der Waals surface area contributed by atoms with Crippen molar-refractivity contribution in [1.29, 1.82) is 0 Å². The SMILES string of the molecule is NC(=NC1CCC1)NC1CC(N2CCC(C(F)(F)F)CC2)C1. The molecule has 7 heteroatoms. The van der Waals surface area contributed by atoms with Crippen LogP contribution in [0, 0.1) is 5.92 Å². The smallest absolute Gasteiger partial charge is 0.370 e. The highest BCUT2D eigenvalue weighted by atomic mass is 19.4. The second-order valence-electron chi connectivity index (χ2n) is 6.92. The predicted octanol–water partition coefficient (Wildman–Crippen LogP) is 2.25. The molecule has 0 radical (unpaired) electrons. The van der Waals surface area contributed by atoms with Crippen molar-refractivity contribution in [3.63, 3.8) is 0 Å². The van der Waals surface area contributed by atoms with Gasteiger partial charge in [0.05, 0.1) is 12.0 Å². The number of aliphatic imine (C=N–C) groups is 1. The van der Waals surface area contributed by atoms with Crippen molar-refractivity contribution in [3.8, 4) is 0 Å². The molecular weight excluding hydrogens is 293 g/mol. The third-order valence-electron chi connectivity index (χ3n) is 5.37. The molecule has 126 valence electrons. The number of nitrogens with two attached hydrogens (primary N) is 1. The second-order valence-corrected chi connectivity index (χ2v) is 6.92. The topological polar surface area (TPSA) is 53.6 Å². The Labute approximate surface area is 129 Å². The Morgan fingerprint density at radius 2 is 1.73 bits per heavy atom. The van der Waals surface area contributed by atoms with Crippen LogP contribution < -0.4 is 11.1 Å². The summed E-state index contributed by atoms with van der Waals surface area (Å²) in [7, 11) is 0. The largest absolute Gasteiger partial charge is 0.391 e. The molecule has 22 heavy (non-hydrogen) atoms. The van der Waals surface area contributed by atoms with Gasteiger partial charge < -0.3 is 16.0 Å². The summed E-state index contributed by atoms with van der Waals surface area (Å²) in [5.41, 5.74) is 5.88. The van der Waals surface area contributed by atoms with Crippen molar-refractivity contribution < 1.29 is 13.2 Å². The van der Waals surface area contributed by atoms with E-state index in [4.69, 9.17) is 5.73 Å². The average Bonchev–Trinajstić information content (AvgIpc) is 2.37. The summed E-state index contributed by atoms with van der Waals surface area (Å²) in [6.45, 7) is 1.13. The fourth-order valence-corrected chi connectivity index (χ4v) is 3.55. The highest BCUT2D eigenvalue weighted by Crippen LogP contribution is 2.36. The molecule has 0 spiro atoms. The summed E-state index contributed by atoms with van der Waals surface area (Å²) in [6.07, 6.45) is 1.86. The Kier molecular flexibility index (Phi) is 4.52. The van der Waals surface area contributed by atoms with Crippen molar-refractivity contribution in [2.24, 2.45) is 16.6 Å². The van der Waals surface area contributed by atoms with Gasteiger partial charge in [-0.25, -0.2) is 0 Å². The Bertz CT molecular complexity index is 406. The van der Waals surface area contributed by atoms with E-state index in [-0.39, 0.29) is 12.8 Å². The van der Waals surface area contributed by atoms with Gasteiger partial charge in [0.1, 0.15) is 0 Å². The number of hydrogen-bond acceptors (Lipinski definition) is 2. The number of piperidine rings is 1. The van der Waals surface area contributed by atoms with E-state index in [2.05, 4.69) is 15.2 Å². The van der Waals surface area contributed by atoms with Crippen LogP contribution in [-0.2, 0) is 0 Å². The predicted molar refractivity (Wildman–Crippen MR) is 79.6 cm³/mol. The van der Waals surface area contributed by atoms with Crippen molar-refractivity contribution >= 4 is 5.96 Å². The minimum atomic E-state index is -4.03. The van der Waals surface area contributed by atoms with Crippen LogP contribution in [0.25, 0.3) is 0 Å². The Hall–Kier alpha value is -0.980. The maximum Gasteiger partial charge on any atom is 0.391 e. The molecular formula is C15H25F3N4. The highest BCUT2D eigenvalue weighted by Gasteiger charge is 2.43. The van der Waals surface area contributed by atoms with Gasteiger partial charge >= 0.3 is 6.18 Å². The second kappa shape index (κ2) is 6.26. The summed E-state index contributed by atoms with van der Waals surface area (Å²) < 4.78 is 38.0. The number of rotatable bonds is 3. The molecule has 0 unspecified atom stereocenters. The van der Waals surface area contributed by atoms with Crippen LogP contribution in [0.5, 0.6) is 0 Å². The first kappa shape index (κ1) is 15.9. The Balaban J connectivity index is 1.36. The zero-order valence-corrected chi connectivity index (χ0v) is 12.8. The summed E-state index contributed by atoms with van der Waals surface area (Å²) in [5, 5.41) is 3.24. The maximum absolute atomic E-state index is 12.7. The first-order chi connectivity index (χ1) is 10.4. The summed E-state index contributed by atoms with van der Waals surface area (Å²) >= 11 is 0. The lowest BCUT2D eigenvalue weighted by Gasteiger charge is -2.46. The highest BCUT2D eigenvalue weighted by molar-refractivity contribution is 5.78. The average molecular weight is 318 g/mol. The van der Waals surface area contributed by atoms with Crippen molar-refractivity contribution in [2.75, 3.05) is 13.1 Å². The van der Waals surface area contributed by atoms with Crippen molar-refractivity contribution in [1.82, 2.24) is 10.2 Å². The fraction of sp³-hybridized carbons (Fsp3) is 0.933. The normalized spacial score (nSPS) is 32.4. The molecule has 3 N–H and O–H groups in total. The summed E-state index contributed by atoms with van der Waals surface area (Å²) in [6, 6.07) is 1.13. The first-order valence-corrected chi connectivity index (χ1v) is 8.32. The number of guanidine groups is 1. The molecule has 0 amide bonds. The van der Waals surface area contributed by atoms with Crippen LogP contribution in [-0.4, -0.2) is 48.3 Å². The van der Waals surface area contributed by atoms with Crippen molar-refractivity contribution in [2.45, 2.75) is 69.2 Å². The lowest BCUT2D eigenvalue weighted by molar-refractivity contribution is -0.187. The van der Waals surface area contributed by atoms with E-state index in [1.165, 1.54) is 6.42 Å². The molecule has 2 aliphatic carbocycles. The van der Waals surface area contributed by atoms with Gasteiger partial charge in [-0.2, -0.15) is 13.2 Å². The monoisotopic (exact) mass is 318 g/mol. The lowest BCUT2D eigenvalue weighted by atomic mass is 9.83. The van der Waals surface area contributed by atoms with Gasteiger partial charge in [0.2, 0.25) is 0 Å². The van der Waals surface area contributed by atoms with Gasteiger partial charge in [0.15, 0.2) is 5.96 Å². The molecule has 0 aromatic heterocycles. The van der Waals surface area contributed by atoms with Gasteiger partial charge in [-0.3, -0.25) is 4.99 Å². The zero-order valence-electron chi connectivity index (χ0n) is 12.8. The maximum atomic E-state index is 12.7. The van der Waals surface area contributed by atoms with Crippen LogP contribution in [0.4, 0.5) is 13.2 Å². The zero-order chi connectivity index (χ0) is 15.7. The Morgan fingerprint density at radius 3 is 2.23 bits per heavy atom. The van der Waals surface area contributed by atoms with E-state index in [1.807, 2.05) is 0 Å². The molecule has 0 aromatic rings. The van der Waals surface area contributed by atoms with Gasteiger partial charge in [0, 0.05) is 12.1 Å². The number of nitrogens with zero attached hydrogens (tertiary/aromatic N) is 2. The van der Waals surface area contributed by atoms with Crippen LogP contribution in [0.2, 0.25) is 0 Å². The molecule has 0 atom stereocenters. The van der Waals surface area contributed by atoms with Crippen LogP contribution in [0.3, 0.4) is 0 Å². The first-order valence-electron chi connectivity index (χ1n) is 8.32. The van der Waals surface area contributed by atoms with E-state index >= 15 is 0 Å². The van der Waals surface area contributed by atoms with Gasteiger partial charge in [-0.1, -0.05) is 0 Å². The van der Waals surface area contributed by atoms with Gasteiger partial charge in [0.25, 0.3) is 0 Å². The number of nitrogens with one attached hydrogen (secondary N) is 1. The van der Waals surface area contributed by atoms with Gasteiger partial charge in [-0.15, -0.1) is 0 Å². The lowest BCUT2D eigenvalue weighted by Crippen LogP contribution is -2.57. The standard InChI is InChI=1S/C15H25F3N4/c16-15(17,18)10-4-6-22(7-5-10)13-8-12(9-13)21-14(19)20-11-2-1-3-11/h10-13H,1-9H2,(H3,19,20,21). The number of alkyl halides is 3. The van der Waals surface area contributed by atoms with Crippen LogP contribution in [0.1, 0.15) is 44.9 Å². The van der Waals surface area contributed by atoms with E-state index in [9.17, 15) is 13.2 Å². The third-order valence-corrected chi connectivity index (χ3v) is 5.37. The molecule has 0 bridgehead atoms. The van der Waals surface area contributed by atoms with E-state index in [1.54, 1.807) is 0 Å². The van der Waals surface area contributed by atoms with Crippen molar-refractivity contribution in [3.05, 3.63) is 0 Å². The molecule has 1 saturated heterocycles. The number of hydrogen-bond donors (Lipinski definition) is 2. The molecule has 3 aliphatic rings. The van der Waals surface area contributed by atoms with E-state index < -0.39 is 12.1 Å². The molecule has 3 rings (SSSR count). The van der Waals surface area contributed by atoms with Crippen LogP contribution >= 0.6 is 0 Å². The fourth-order valence-electron chi connectivity index (χ4n) is 3.55. The van der Waals surface area contributed by atoms with Gasteiger partial charge in [-0.05, 0) is 58.0 Å². The molecule has 3 fully saturated rings. The molecule has 0 aromatic carbocycles. The molecule has 2 saturated carbocycles. The molecule has 1 heterocycles. The quantitative estimate of drug-likeness (QED) is 0.620. The molecule has 4 nitrogen and oxygen atoms in total. The minimum absolute atomic E-state index is 0.239. The van der Waals surface area contributed by atoms with E-state index in [0.717, 1.165) is 25.7 Å². The Morgan fingerprint density at radius 1 is 1.09 bits per heavy atom. The number of likely N-dealkylation sites (tertiary alicyclic amines) is 1.